The van der Waals surface area contributed by atoms with Crippen molar-refractivity contribution >= 4 is 19.8 Å². The van der Waals surface area contributed by atoms with Gasteiger partial charge in [-0.3, -0.25) is 18.6 Å². The second-order valence-corrected chi connectivity index (χ2v) is 15.2. The number of carbonyl (C=O) groups is 2. The molecule has 10 heteroatoms. The van der Waals surface area contributed by atoms with Crippen molar-refractivity contribution < 1.29 is 37.6 Å². The van der Waals surface area contributed by atoms with Gasteiger partial charge in [-0.1, -0.05) is 144 Å². The molecule has 2 unspecified atom stereocenters. The fourth-order valence-corrected chi connectivity index (χ4v) is 6.02. The fourth-order valence-electron chi connectivity index (χ4n) is 5.26. The van der Waals surface area contributed by atoms with Crippen LogP contribution in [0.5, 0.6) is 0 Å². The summed E-state index contributed by atoms with van der Waals surface area (Å²) in [5, 5.41) is 2.81. The molecular formula is C46H78NO8P. The van der Waals surface area contributed by atoms with Gasteiger partial charge in [-0.15, -0.1) is 0 Å². The Morgan fingerprint density at radius 1 is 0.571 bits per heavy atom. The average Bonchev–Trinajstić information content (AvgIpc) is 3.18. The summed E-state index contributed by atoms with van der Waals surface area (Å²) >= 11 is 0. The van der Waals surface area contributed by atoms with E-state index >= 15 is 0 Å². The van der Waals surface area contributed by atoms with Gasteiger partial charge in [0.25, 0.3) is 0 Å². The van der Waals surface area contributed by atoms with Crippen LogP contribution >= 0.6 is 7.82 Å². The highest BCUT2D eigenvalue weighted by Gasteiger charge is 2.26. The van der Waals surface area contributed by atoms with Gasteiger partial charge in [-0.25, -0.2) is 4.57 Å². The van der Waals surface area contributed by atoms with Gasteiger partial charge in [-0.2, -0.15) is 0 Å². The number of allylic oxidation sites excluding steroid dienone is 14. The van der Waals surface area contributed by atoms with Crippen LogP contribution in [0.2, 0.25) is 0 Å². The molecule has 0 aromatic heterocycles. The topological polar surface area (TPSA) is 120 Å². The first-order valence-electron chi connectivity index (χ1n) is 21.5. The van der Waals surface area contributed by atoms with Crippen molar-refractivity contribution in [2.75, 3.05) is 33.4 Å². The van der Waals surface area contributed by atoms with Gasteiger partial charge in [0.1, 0.15) is 6.61 Å². The number of unbranched alkanes of at least 4 members (excludes halogenated alkanes) is 11. The van der Waals surface area contributed by atoms with Gasteiger partial charge >= 0.3 is 19.8 Å². The highest BCUT2D eigenvalue weighted by molar-refractivity contribution is 7.47. The lowest BCUT2D eigenvalue weighted by atomic mass is 10.1. The number of phosphoric ester groups is 1. The summed E-state index contributed by atoms with van der Waals surface area (Å²) in [5.41, 5.74) is 0. The number of ether oxygens (including phenoxy) is 2. The molecule has 0 bridgehead atoms. The number of hydrogen-bond acceptors (Lipinski definition) is 8. The minimum atomic E-state index is -4.37. The molecule has 9 nitrogen and oxygen atoms in total. The Morgan fingerprint density at radius 3 is 1.57 bits per heavy atom. The molecule has 0 aliphatic heterocycles. The summed E-state index contributed by atoms with van der Waals surface area (Å²) in [5.74, 6) is -0.904. The molecule has 320 valence electrons. The van der Waals surface area contributed by atoms with Crippen molar-refractivity contribution in [3.8, 4) is 0 Å². The minimum Gasteiger partial charge on any atom is -0.462 e. The van der Waals surface area contributed by atoms with Gasteiger partial charge in [0.2, 0.25) is 0 Å². The summed E-state index contributed by atoms with van der Waals surface area (Å²) in [6, 6.07) is 0. The lowest BCUT2D eigenvalue weighted by Gasteiger charge is -2.20. The highest BCUT2D eigenvalue weighted by atomic mass is 31.2. The monoisotopic (exact) mass is 804 g/mol. The highest BCUT2D eigenvalue weighted by Crippen LogP contribution is 2.43. The molecule has 56 heavy (non-hydrogen) atoms. The van der Waals surface area contributed by atoms with E-state index in [4.69, 9.17) is 18.5 Å². The third-order valence-electron chi connectivity index (χ3n) is 8.50. The Balaban J connectivity index is 4.38. The fraction of sp³-hybridized carbons (Fsp3) is 0.652. The molecule has 0 aliphatic rings. The van der Waals surface area contributed by atoms with Crippen molar-refractivity contribution in [2.45, 2.75) is 161 Å². The molecule has 2 N–H and O–H groups in total. The van der Waals surface area contributed by atoms with Crippen LogP contribution in [-0.4, -0.2) is 56.3 Å². The molecule has 0 saturated heterocycles. The van der Waals surface area contributed by atoms with E-state index in [-0.39, 0.29) is 26.1 Å². The van der Waals surface area contributed by atoms with Gasteiger partial charge in [0, 0.05) is 19.4 Å². The molecule has 0 spiro atoms. The van der Waals surface area contributed by atoms with E-state index in [9.17, 15) is 19.0 Å². The molecule has 0 rings (SSSR count). The molecule has 0 heterocycles. The number of nitrogens with one attached hydrogen (secondary N) is 1. The zero-order chi connectivity index (χ0) is 41.1. The van der Waals surface area contributed by atoms with Gasteiger partial charge in [-0.05, 0) is 90.5 Å². The number of likely N-dealkylation sites (N-methyl/N-ethyl adjacent to an activating group) is 1. The quantitative estimate of drug-likeness (QED) is 0.0271. The molecule has 2 atom stereocenters. The van der Waals surface area contributed by atoms with Crippen LogP contribution < -0.4 is 5.32 Å². The number of hydrogen-bond donors (Lipinski definition) is 2. The lowest BCUT2D eigenvalue weighted by Crippen LogP contribution is -2.29. The van der Waals surface area contributed by atoms with Crippen molar-refractivity contribution in [3.05, 3.63) is 85.1 Å². The van der Waals surface area contributed by atoms with Crippen LogP contribution in [0.4, 0.5) is 0 Å². The third kappa shape index (κ3) is 40.8. The van der Waals surface area contributed by atoms with Crippen molar-refractivity contribution in [2.24, 2.45) is 0 Å². The van der Waals surface area contributed by atoms with Gasteiger partial charge < -0.3 is 19.7 Å². The van der Waals surface area contributed by atoms with Crippen molar-refractivity contribution in [1.29, 1.82) is 0 Å². The second-order valence-electron chi connectivity index (χ2n) is 13.8. The Hall–Kier alpha value is -2.81. The predicted molar refractivity (Wildman–Crippen MR) is 233 cm³/mol. The van der Waals surface area contributed by atoms with E-state index in [1.807, 2.05) is 0 Å². The summed E-state index contributed by atoms with van der Waals surface area (Å²) in [6.45, 7) is 3.99. The first-order valence-corrected chi connectivity index (χ1v) is 23.0. The van der Waals surface area contributed by atoms with E-state index in [2.05, 4.69) is 104 Å². The van der Waals surface area contributed by atoms with E-state index in [1.165, 1.54) is 38.5 Å². The largest absolute Gasteiger partial charge is 0.472 e. The lowest BCUT2D eigenvalue weighted by molar-refractivity contribution is -0.161. The maximum Gasteiger partial charge on any atom is 0.472 e. The van der Waals surface area contributed by atoms with E-state index in [1.54, 1.807) is 7.05 Å². The third-order valence-corrected chi connectivity index (χ3v) is 9.48. The maximum absolute atomic E-state index is 12.6. The van der Waals surface area contributed by atoms with Crippen molar-refractivity contribution in [1.82, 2.24) is 5.32 Å². The Kier molecular flexibility index (Phi) is 39.7. The van der Waals surface area contributed by atoms with Crippen molar-refractivity contribution in [3.63, 3.8) is 0 Å². The molecular weight excluding hydrogens is 725 g/mol. The Labute approximate surface area is 341 Å². The van der Waals surface area contributed by atoms with Gasteiger partial charge in [0.05, 0.1) is 13.2 Å². The summed E-state index contributed by atoms with van der Waals surface area (Å²) in [4.78, 5) is 35.0. The molecule has 0 saturated carbocycles. The summed E-state index contributed by atoms with van der Waals surface area (Å²) in [7, 11) is -2.68. The van der Waals surface area contributed by atoms with E-state index < -0.39 is 32.5 Å². The zero-order valence-corrected chi connectivity index (χ0v) is 36.2. The van der Waals surface area contributed by atoms with Crippen LogP contribution in [0.15, 0.2) is 85.1 Å². The molecule has 0 radical (unpaired) electrons. The normalized spacial score (nSPS) is 14.1. The molecule has 0 aliphatic carbocycles. The second kappa shape index (κ2) is 41.8. The first-order chi connectivity index (χ1) is 27.3. The van der Waals surface area contributed by atoms with E-state index in [0.717, 1.165) is 77.0 Å². The maximum atomic E-state index is 12.6. The standard InChI is InChI=1S/C46H78NO8P/c1-4-6-8-10-12-14-16-18-20-22-24-26-28-30-32-34-36-38-45(48)52-42-44(43-54-56(50,51)53-41-40-47-3)55-46(49)39-37-35-33-31-29-27-25-23-21-19-17-15-13-11-9-7-5-2/h7,9,13,15,18-21,24-27,30,32,44,47H,4-6,8,10-12,14,16-17,22-23,28-29,31,33-43H2,1-3H3,(H,50,51)/b9-7-,15-13-,20-18-,21-19-,26-24-,27-25-,32-30-. The molecule has 0 aromatic carbocycles. The van der Waals surface area contributed by atoms with E-state index in [0.29, 0.717) is 19.4 Å². The SMILES string of the molecule is CC/C=C\C/C=C\C/C=C\C/C=C\CCCCCCC(=O)OC(COC(=O)CCC/C=C\C/C=C\C/C=C\CCCCCCCC)COP(=O)(O)OCCNC. The van der Waals surface area contributed by atoms with Crippen LogP contribution in [0.1, 0.15) is 155 Å². The zero-order valence-electron chi connectivity index (χ0n) is 35.3. The number of phosphoric acid groups is 1. The Bertz CT molecular complexity index is 1190. The summed E-state index contributed by atoms with van der Waals surface area (Å²) < 4.78 is 33.1. The van der Waals surface area contributed by atoms with Crippen LogP contribution in [0.25, 0.3) is 0 Å². The predicted octanol–water partition coefficient (Wildman–Crippen LogP) is 12.3. The van der Waals surface area contributed by atoms with Crippen LogP contribution in [0.3, 0.4) is 0 Å². The number of carbonyl (C=O) groups excluding carboxylic acids is 2. The van der Waals surface area contributed by atoms with Gasteiger partial charge in [0.15, 0.2) is 6.10 Å². The van der Waals surface area contributed by atoms with Crippen LogP contribution in [-0.2, 0) is 32.7 Å². The number of esters is 2. The number of rotatable bonds is 39. The molecule has 0 amide bonds. The molecule has 0 aromatic rings. The molecule has 0 fully saturated rings. The first kappa shape index (κ1) is 53.2. The smallest absolute Gasteiger partial charge is 0.462 e. The minimum absolute atomic E-state index is 0.0343. The summed E-state index contributed by atoms with van der Waals surface area (Å²) in [6.07, 6.45) is 50.6. The average molecular weight is 804 g/mol. The Morgan fingerprint density at radius 2 is 1.04 bits per heavy atom. The van der Waals surface area contributed by atoms with Crippen LogP contribution in [0, 0.1) is 0 Å².